The van der Waals surface area contributed by atoms with Crippen LogP contribution >= 0.6 is 11.6 Å². The first kappa shape index (κ1) is 14.4. The van der Waals surface area contributed by atoms with Gasteiger partial charge in [0, 0.05) is 18.3 Å². The van der Waals surface area contributed by atoms with Gasteiger partial charge in [-0.05, 0) is 18.1 Å². The maximum atomic E-state index is 12.0. The molecular formula is C12H16ClN3O2. The summed E-state index contributed by atoms with van der Waals surface area (Å²) in [4.78, 5) is 28.2. The normalized spacial score (nSPS) is 10.5. The van der Waals surface area contributed by atoms with Crippen LogP contribution in [0, 0.1) is 0 Å². The lowest BCUT2D eigenvalue weighted by Crippen LogP contribution is -2.35. The summed E-state index contributed by atoms with van der Waals surface area (Å²) in [6.45, 7) is 3.79. The van der Waals surface area contributed by atoms with Crippen LogP contribution in [0.25, 0.3) is 0 Å². The van der Waals surface area contributed by atoms with Gasteiger partial charge in [-0.2, -0.15) is 0 Å². The van der Waals surface area contributed by atoms with E-state index in [2.05, 4.69) is 4.98 Å². The van der Waals surface area contributed by atoms with Gasteiger partial charge >= 0.3 is 0 Å². The van der Waals surface area contributed by atoms with Crippen LogP contribution in [-0.4, -0.2) is 35.3 Å². The van der Waals surface area contributed by atoms with Crippen molar-refractivity contribution in [3.63, 3.8) is 0 Å². The molecule has 0 fully saturated rings. The Morgan fingerprint density at radius 1 is 1.44 bits per heavy atom. The standard InChI is InChI=1S/C12H16ClN3O2/c1-7(2)9-4-8(5-10(13)15-9)12(18)16(3)6-11(14)17/h4-5,7H,6H2,1-3H3,(H2,14,17). The summed E-state index contributed by atoms with van der Waals surface area (Å²) < 4.78 is 0. The van der Waals surface area contributed by atoms with Gasteiger partial charge in [0.15, 0.2) is 0 Å². The zero-order chi connectivity index (χ0) is 13.9. The Hall–Kier alpha value is -1.62. The predicted octanol–water partition coefficient (Wildman–Crippen LogP) is 1.42. The molecule has 1 rings (SSSR count). The summed E-state index contributed by atoms with van der Waals surface area (Å²) in [5.74, 6) is -0.702. The van der Waals surface area contributed by atoms with E-state index in [4.69, 9.17) is 17.3 Å². The van der Waals surface area contributed by atoms with Crippen LogP contribution < -0.4 is 5.73 Å². The second-order valence-corrected chi connectivity index (χ2v) is 4.77. The largest absolute Gasteiger partial charge is 0.368 e. The van der Waals surface area contributed by atoms with Gasteiger partial charge in [-0.25, -0.2) is 4.98 Å². The van der Waals surface area contributed by atoms with E-state index in [0.29, 0.717) is 5.56 Å². The molecule has 2 N–H and O–H groups in total. The summed E-state index contributed by atoms with van der Waals surface area (Å²) in [6, 6.07) is 3.16. The Labute approximate surface area is 111 Å². The highest BCUT2D eigenvalue weighted by Crippen LogP contribution is 2.18. The summed E-state index contributed by atoms with van der Waals surface area (Å²) in [5.41, 5.74) is 6.19. The maximum absolute atomic E-state index is 12.0. The highest BCUT2D eigenvalue weighted by molar-refractivity contribution is 6.29. The van der Waals surface area contributed by atoms with E-state index in [1.807, 2.05) is 13.8 Å². The van der Waals surface area contributed by atoms with Gasteiger partial charge in [0.25, 0.3) is 5.91 Å². The Kier molecular flexibility index (Phi) is 4.67. The SMILES string of the molecule is CC(C)c1cc(C(=O)N(C)CC(N)=O)cc(Cl)n1. The number of primary amides is 1. The third-order valence-corrected chi connectivity index (χ3v) is 2.59. The minimum Gasteiger partial charge on any atom is -0.368 e. The van der Waals surface area contributed by atoms with Crippen LogP contribution in [0.1, 0.15) is 35.8 Å². The Bertz CT molecular complexity index is 474. The highest BCUT2D eigenvalue weighted by atomic mass is 35.5. The number of hydrogen-bond acceptors (Lipinski definition) is 3. The number of carbonyl (C=O) groups is 2. The Morgan fingerprint density at radius 2 is 2.06 bits per heavy atom. The molecule has 0 saturated carbocycles. The van der Waals surface area contributed by atoms with Crippen molar-refractivity contribution in [3.8, 4) is 0 Å². The fraction of sp³-hybridized carbons (Fsp3) is 0.417. The van der Waals surface area contributed by atoms with E-state index in [1.165, 1.54) is 18.0 Å². The number of pyridine rings is 1. The summed E-state index contributed by atoms with van der Waals surface area (Å²) in [6.07, 6.45) is 0. The van der Waals surface area contributed by atoms with Gasteiger partial charge in [0.05, 0.1) is 6.54 Å². The summed E-state index contributed by atoms with van der Waals surface area (Å²) >= 11 is 5.88. The molecule has 1 aromatic heterocycles. The van der Waals surface area contributed by atoms with Crippen molar-refractivity contribution in [2.75, 3.05) is 13.6 Å². The Morgan fingerprint density at radius 3 is 2.56 bits per heavy atom. The molecule has 5 nitrogen and oxygen atoms in total. The number of hydrogen-bond donors (Lipinski definition) is 1. The second kappa shape index (κ2) is 5.82. The molecule has 1 aromatic rings. The van der Waals surface area contributed by atoms with Gasteiger partial charge in [-0.1, -0.05) is 25.4 Å². The molecule has 2 amide bonds. The number of carbonyl (C=O) groups excluding carboxylic acids is 2. The van der Waals surface area contributed by atoms with Crippen molar-refractivity contribution in [3.05, 3.63) is 28.5 Å². The molecule has 0 atom stereocenters. The quantitative estimate of drug-likeness (QED) is 0.840. The minimum absolute atomic E-state index is 0.129. The Balaban J connectivity index is 3.02. The number of nitrogens with two attached hydrogens (primary N) is 1. The number of rotatable bonds is 4. The van der Waals surface area contributed by atoms with Crippen molar-refractivity contribution in [1.82, 2.24) is 9.88 Å². The molecule has 6 heteroatoms. The number of nitrogens with zero attached hydrogens (tertiary/aromatic N) is 2. The molecule has 0 aliphatic rings. The van der Waals surface area contributed by atoms with Gasteiger partial charge in [0.1, 0.15) is 5.15 Å². The lowest BCUT2D eigenvalue weighted by Gasteiger charge is -2.16. The average molecular weight is 270 g/mol. The molecule has 0 radical (unpaired) electrons. The van der Waals surface area contributed by atoms with E-state index in [-0.39, 0.29) is 23.5 Å². The summed E-state index contributed by atoms with van der Waals surface area (Å²) in [5, 5.41) is 0.261. The van der Waals surface area contributed by atoms with Gasteiger partial charge in [0.2, 0.25) is 5.91 Å². The van der Waals surface area contributed by atoms with Gasteiger partial charge < -0.3 is 10.6 Å². The smallest absolute Gasteiger partial charge is 0.254 e. The fourth-order valence-electron chi connectivity index (χ4n) is 1.46. The molecule has 0 bridgehead atoms. The van der Waals surface area contributed by atoms with E-state index in [9.17, 15) is 9.59 Å². The monoisotopic (exact) mass is 269 g/mol. The molecule has 18 heavy (non-hydrogen) atoms. The topological polar surface area (TPSA) is 76.3 Å². The van der Waals surface area contributed by atoms with Crippen LogP contribution in [-0.2, 0) is 4.79 Å². The van der Waals surface area contributed by atoms with Gasteiger partial charge in [-0.3, -0.25) is 9.59 Å². The molecule has 0 aromatic carbocycles. The van der Waals surface area contributed by atoms with E-state index in [1.54, 1.807) is 6.07 Å². The maximum Gasteiger partial charge on any atom is 0.254 e. The highest BCUT2D eigenvalue weighted by Gasteiger charge is 2.16. The predicted molar refractivity (Wildman–Crippen MR) is 69.5 cm³/mol. The van der Waals surface area contributed by atoms with E-state index >= 15 is 0 Å². The molecule has 98 valence electrons. The van der Waals surface area contributed by atoms with Crippen molar-refractivity contribution in [2.45, 2.75) is 19.8 Å². The first-order chi connectivity index (χ1) is 8.31. The van der Waals surface area contributed by atoms with Crippen LogP contribution in [0.5, 0.6) is 0 Å². The van der Waals surface area contributed by atoms with Gasteiger partial charge in [-0.15, -0.1) is 0 Å². The third kappa shape index (κ3) is 3.70. The first-order valence-corrected chi connectivity index (χ1v) is 5.90. The average Bonchev–Trinajstić information content (AvgIpc) is 2.26. The van der Waals surface area contributed by atoms with Crippen molar-refractivity contribution < 1.29 is 9.59 Å². The van der Waals surface area contributed by atoms with Crippen molar-refractivity contribution in [1.29, 1.82) is 0 Å². The van der Waals surface area contributed by atoms with E-state index < -0.39 is 5.91 Å². The van der Waals surface area contributed by atoms with Crippen molar-refractivity contribution >= 4 is 23.4 Å². The number of halogens is 1. The molecule has 0 unspecified atom stereocenters. The first-order valence-electron chi connectivity index (χ1n) is 5.52. The zero-order valence-corrected chi connectivity index (χ0v) is 11.4. The summed E-state index contributed by atoms with van der Waals surface area (Å²) in [7, 11) is 1.51. The van der Waals surface area contributed by atoms with Crippen molar-refractivity contribution in [2.24, 2.45) is 5.73 Å². The van der Waals surface area contributed by atoms with Crippen LogP contribution in [0.2, 0.25) is 5.15 Å². The number of aromatic nitrogens is 1. The van der Waals surface area contributed by atoms with Crippen LogP contribution in [0.4, 0.5) is 0 Å². The molecular weight excluding hydrogens is 254 g/mol. The molecule has 0 saturated heterocycles. The zero-order valence-electron chi connectivity index (χ0n) is 10.6. The number of likely N-dealkylation sites (N-methyl/N-ethyl adjacent to an activating group) is 1. The lowest BCUT2D eigenvalue weighted by atomic mass is 10.1. The molecule has 1 heterocycles. The molecule has 0 spiro atoms. The van der Waals surface area contributed by atoms with E-state index in [0.717, 1.165) is 5.69 Å². The second-order valence-electron chi connectivity index (χ2n) is 4.39. The third-order valence-electron chi connectivity index (χ3n) is 2.39. The molecule has 0 aliphatic carbocycles. The minimum atomic E-state index is -0.560. The van der Waals surface area contributed by atoms with Crippen LogP contribution in [0.15, 0.2) is 12.1 Å². The fourth-order valence-corrected chi connectivity index (χ4v) is 1.68. The van der Waals surface area contributed by atoms with Crippen LogP contribution in [0.3, 0.4) is 0 Å². The molecule has 0 aliphatic heterocycles. The lowest BCUT2D eigenvalue weighted by molar-refractivity contribution is -0.118. The number of amides is 2.